The highest BCUT2D eigenvalue weighted by atomic mass is 32.2. The Hall–Kier alpha value is -2.70. The Balaban J connectivity index is 2.36. The number of aromatic hydroxyl groups is 1. The van der Waals surface area contributed by atoms with Crippen molar-refractivity contribution in [3.8, 4) is 11.2 Å². The summed E-state index contributed by atoms with van der Waals surface area (Å²) in [7, 11) is 0. The summed E-state index contributed by atoms with van der Waals surface area (Å²) >= 11 is 1.01. The summed E-state index contributed by atoms with van der Waals surface area (Å²) in [5, 5.41) is 27.8. The van der Waals surface area contributed by atoms with Crippen molar-refractivity contribution in [2.45, 2.75) is 4.90 Å². The van der Waals surface area contributed by atoms with Gasteiger partial charge in [-0.2, -0.15) is 5.26 Å². The van der Waals surface area contributed by atoms with Gasteiger partial charge in [0.15, 0.2) is 0 Å². The molecule has 4 aromatic carbocycles. The van der Waals surface area contributed by atoms with E-state index < -0.39 is 0 Å². The van der Waals surface area contributed by atoms with Crippen molar-refractivity contribution in [3.63, 3.8) is 0 Å². The van der Waals surface area contributed by atoms with Crippen LogP contribution in [-0.2, 0) is 0 Å². The van der Waals surface area contributed by atoms with Crippen molar-refractivity contribution in [1.29, 1.82) is 5.26 Å². The molecule has 1 N–H and O–H groups in total. The number of rotatable bonds is 1. The number of benzene rings is 4. The number of thioether (sulfide) groups is 1. The molecule has 4 rings (SSSR count). The van der Waals surface area contributed by atoms with Gasteiger partial charge in [0.2, 0.25) is 0 Å². The molecule has 0 radical (unpaired) electrons. The van der Waals surface area contributed by atoms with Gasteiger partial charge in [-0.25, -0.2) is 0 Å². The van der Waals surface area contributed by atoms with E-state index in [0.29, 0.717) is 4.90 Å². The van der Waals surface area contributed by atoms with E-state index in [0.717, 1.165) is 44.1 Å². The lowest BCUT2D eigenvalue weighted by atomic mass is 9.96. The Labute approximate surface area is 131 Å². The number of nitriles is 1. The molecule has 0 unspecified atom stereocenters. The van der Waals surface area contributed by atoms with E-state index in [1.54, 1.807) is 0 Å². The topological polar surface area (TPSA) is 44.0 Å². The van der Waals surface area contributed by atoms with Crippen LogP contribution in [0.5, 0.6) is 5.75 Å². The molecule has 0 saturated carbocycles. The third kappa shape index (κ3) is 1.75. The lowest BCUT2D eigenvalue weighted by Crippen LogP contribution is -1.85. The van der Waals surface area contributed by atoms with Crippen LogP contribution in [0.15, 0.2) is 65.6 Å². The first-order chi connectivity index (χ1) is 10.8. The van der Waals surface area contributed by atoms with Crippen molar-refractivity contribution in [2.75, 3.05) is 0 Å². The van der Waals surface area contributed by atoms with Crippen molar-refractivity contribution < 1.29 is 5.11 Å². The molecule has 0 spiro atoms. The van der Waals surface area contributed by atoms with E-state index in [9.17, 15) is 5.11 Å². The second kappa shape index (κ2) is 4.94. The number of hydrogen-bond donors (Lipinski definition) is 1. The van der Waals surface area contributed by atoms with Crippen LogP contribution in [0.25, 0.3) is 32.3 Å². The number of thiocyanates is 1. The van der Waals surface area contributed by atoms with Crippen LogP contribution in [-0.4, -0.2) is 5.11 Å². The first-order valence-corrected chi connectivity index (χ1v) is 7.74. The first kappa shape index (κ1) is 13.0. The molecule has 0 fully saturated rings. The van der Waals surface area contributed by atoms with Gasteiger partial charge in [-0.05, 0) is 33.3 Å². The van der Waals surface area contributed by atoms with Crippen LogP contribution >= 0.6 is 11.8 Å². The Morgan fingerprint density at radius 2 is 1.45 bits per heavy atom. The highest BCUT2D eigenvalue weighted by molar-refractivity contribution is 8.04. The van der Waals surface area contributed by atoms with Gasteiger partial charge in [0, 0.05) is 10.8 Å². The van der Waals surface area contributed by atoms with E-state index in [2.05, 4.69) is 17.5 Å². The monoisotopic (exact) mass is 301 g/mol. The van der Waals surface area contributed by atoms with Crippen LogP contribution in [0.3, 0.4) is 0 Å². The number of fused-ring (bicyclic) bond motifs is 5. The molecule has 0 amide bonds. The molecule has 0 atom stereocenters. The SMILES string of the molecule is N#CSc1c(O)c2ccccc2c2c1ccc1ccccc12. The van der Waals surface area contributed by atoms with Gasteiger partial charge in [-0.1, -0.05) is 60.7 Å². The summed E-state index contributed by atoms with van der Waals surface area (Å²) in [5.74, 6) is 0.185. The van der Waals surface area contributed by atoms with Crippen molar-refractivity contribution in [2.24, 2.45) is 0 Å². The molecule has 0 bridgehead atoms. The van der Waals surface area contributed by atoms with Crippen molar-refractivity contribution >= 4 is 44.1 Å². The van der Waals surface area contributed by atoms with Crippen molar-refractivity contribution in [1.82, 2.24) is 0 Å². The third-order valence-corrected chi connectivity index (χ3v) is 4.70. The number of phenols is 1. The minimum Gasteiger partial charge on any atom is -0.506 e. The summed E-state index contributed by atoms with van der Waals surface area (Å²) in [6, 6.07) is 20.0. The van der Waals surface area contributed by atoms with Gasteiger partial charge in [-0.15, -0.1) is 0 Å². The standard InChI is InChI=1S/C19H11NOS/c20-11-22-19-16-10-9-12-5-1-2-6-13(12)17(16)14-7-3-4-8-15(14)18(19)21/h1-10,21H. The fourth-order valence-corrected chi connectivity index (χ4v) is 3.64. The van der Waals surface area contributed by atoms with Crippen molar-refractivity contribution in [3.05, 3.63) is 60.7 Å². The molecule has 0 aliphatic heterocycles. The highest BCUT2D eigenvalue weighted by Crippen LogP contribution is 2.44. The summed E-state index contributed by atoms with van der Waals surface area (Å²) in [6.07, 6.45) is 0. The maximum atomic E-state index is 10.6. The van der Waals surface area contributed by atoms with Gasteiger partial charge in [0.05, 0.1) is 4.90 Å². The minimum absolute atomic E-state index is 0.185. The lowest BCUT2D eigenvalue weighted by Gasteiger charge is -2.13. The molecule has 0 saturated heterocycles. The van der Waals surface area contributed by atoms with Gasteiger partial charge < -0.3 is 5.11 Å². The summed E-state index contributed by atoms with van der Waals surface area (Å²) in [5.41, 5.74) is 0. The van der Waals surface area contributed by atoms with Crippen LogP contribution in [0.4, 0.5) is 0 Å². The molecule has 3 heteroatoms. The molecule has 0 aliphatic carbocycles. The van der Waals surface area contributed by atoms with Gasteiger partial charge >= 0.3 is 0 Å². The van der Waals surface area contributed by atoms with Crippen LogP contribution in [0, 0.1) is 10.7 Å². The van der Waals surface area contributed by atoms with Gasteiger partial charge in [0.1, 0.15) is 11.2 Å². The average Bonchev–Trinajstić information content (AvgIpc) is 2.58. The van der Waals surface area contributed by atoms with Gasteiger partial charge in [-0.3, -0.25) is 0 Å². The Morgan fingerprint density at radius 1 is 0.773 bits per heavy atom. The number of hydrogen-bond acceptors (Lipinski definition) is 3. The predicted octanol–water partition coefficient (Wildman–Crippen LogP) is 5.42. The molecule has 0 aliphatic rings. The van der Waals surface area contributed by atoms with E-state index >= 15 is 0 Å². The third-order valence-electron chi connectivity index (χ3n) is 3.99. The molecule has 4 aromatic rings. The van der Waals surface area contributed by atoms with E-state index in [1.807, 2.05) is 48.5 Å². The highest BCUT2D eigenvalue weighted by Gasteiger charge is 2.15. The molecule has 104 valence electrons. The van der Waals surface area contributed by atoms with Crippen LogP contribution in [0.1, 0.15) is 0 Å². The molecular weight excluding hydrogens is 290 g/mol. The zero-order valence-corrected chi connectivity index (χ0v) is 12.4. The second-order valence-electron chi connectivity index (χ2n) is 5.13. The fraction of sp³-hybridized carbons (Fsp3) is 0. The largest absolute Gasteiger partial charge is 0.506 e. The van der Waals surface area contributed by atoms with Gasteiger partial charge in [0.25, 0.3) is 0 Å². The summed E-state index contributed by atoms with van der Waals surface area (Å²) in [6.45, 7) is 0. The molecular formula is C19H11NOS. The summed E-state index contributed by atoms with van der Waals surface area (Å²) in [4.78, 5) is 0.627. The molecule has 0 aromatic heterocycles. The number of nitrogens with zero attached hydrogens (tertiary/aromatic N) is 1. The van der Waals surface area contributed by atoms with E-state index in [4.69, 9.17) is 5.26 Å². The second-order valence-corrected chi connectivity index (χ2v) is 5.92. The molecule has 0 heterocycles. The Kier molecular flexibility index (Phi) is 2.92. The maximum Gasteiger partial charge on any atom is 0.138 e. The fourth-order valence-electron chi connectivity index (χ4n) is 3.06. The zero-order valence-electron chi connectivity index (χ0n) is 11.6. The maximum absolute atomic E-state index is 10.6. The summed E-state index contributed by atoms with van der Waals surface area (Å²) < 4.78 is 0. The van der Waals surface area contributed by atoms with E-state index in [1.165, 1.54) is 0 Å². The molecule has 2 nitrogen and oxygen atoms in total. The predicted molar refractivity (Wildman–Crippen MR) is 92.1 cm³/mol. The van der Waals surface area contributed by atoms with Crippen LogP contribution in [0.2, 0.25) is 0 Å². The molecule has 22 heavy (non-hydrogen) atoms. The average molecular weight is 301 g/mol. The normalized spacial score (nSPS) is 11.0. The smallest absolute Gasteiger partial charge is 0.138 e. The van der Waals surface area contributed by atoms with E-state index in [-0.39, 0.29) is 5.75 Å². The first-order valence-electron chi connectivity index (χ1n) is 6.92. The Morgan fingerprint density at radius 3 is 2.23 bits per heavy atom. The quantitative estimate of drug-likeness (QED) is 0.290. The minimum atomic E-state index is 0.185. The van der Waals surface area contributed by atoms with Crippen LogP contribution < -0.4 is 0 Å². The zero-order chi connectivity index (χ0) is 15.1. The Bertz CT molecular complexity index is 1080. The lowest BCUT2D eigenvalue weighted by molar-refractivity contribution is 0.471. The number of phenolic OH excluding ortho intramolecular Hbond substituents is 1.